The highest BCUT2D eigenvalue weighted by atomic mass is 16.4. The second-order valence-corrected chi connectivity index (χ2v) is 7.85. The molecule has 6 nitrogen and oxygen atoms in total. The highest BCUT2D eigenvalue weighted by molar-refractivity contribution is 5.88. The Labute approximate surface area is 170 Å². The Morgan fingerprint density at radius 1 is 1.10 bits per heavy atom. The largest absolute Gasteiger partial charge is 0.479 e. The fourth-order valence-electron chi connectivity index (χ4n) is 3.56. The fourth-order valence-corrected chi connectivity index (χ4v) is 3.56. The van der Waals surface area contributed by atoms with E-state index in [0.29, 0.717) is 11.5 Å². The van der Waals surface area contributed by atoms with Gasteiger partial charge < -0.3 is 10.4 Å². The molecule has 2 aromatic carbocycles. The summed E-state index contributed by atoms with van der Waals surface area (Å²) in [7, 11) is 0. The maximum atomic E-state index is 12.7. The van der Waals surface area contributed by atoms with Crippen LogP contribution in [0.3, 0.4) is 0 Å². The van der Waals surface area contributed by atoms with Crippen LogP contribution < -0.4 is 5.32 Å². The summed E-state index contributed by atoms with van der Waals surface area (Å²) in [4.78, 5) is 24.5. The Kier molecular flexibility index (Phi) is 6.01. The van der Waals surface area contributed by atoms with Crippen molar-refractivity contribution in [3.63, 3.8) is 0 Å². The number of hydrogen-bond donors (Lipinski definition) is 2. The van der Waals surface area contributed by atoms with E-state index in [2.05, 4.69) is 24.3 Å². The van der Waals surface area contributed by atoms with Crippen molar-refractivity contribution in [2.75, 3.05) is 0 Å². The number of nitrogens with zero attached hydrogens (tertiary/aromatic N) is 2. The second-order valence-electron chi connectivity index (χ2n) is 7.85. The molecule has 1 atom stereocenters. The van der Waals surface area contributed by atoms with E-state index in [4.69, 9.17) is 0 Å². The van der Waals surface area contributed by atoms with E-state index in [9.17, 15) is 14.7 Å². The summed E-state index contributed by atoms with van der Waals surface area (Å²) in [6.07, 6.45) is 0.104. The zero-order chi connectivity index (χ0) is 21.1. The first-order valence-electron chi connectivity index (χ1n) is 9.80. The van der Waals surface area contributed by atoms with Crippen LogP contribution in [0.1, 0.15) is 42.4 Å². The van der Waals surface area contributed by atoms with Crippen molar-refractivity contribution < 1.29 is 14.7 Å². The van der Waals surface area contributed by atoms with E-state index in [-0.39, 0.29) is 12.3 Å². The Hall–Kier alpha value is -3.15. The highest BCUT2D eigenvalue weighted by Crippen LogP contribution is 2.22. The third-order valence-electron chi connectivity index (χ3n) is 5.07. The van der Waals surface area contributed by atoms with Gasteiger partial charge in [-0.2, -0.15) is 5.10 Å². The zero-order valence-corrected chi connectivity index (χ0v) is 17.3. The van der Waals surface area contributed by atoms with E-state index in [0.717, 1.165) is 34.3 Å². The molecular weight excluding hydrogens is 366 g/mol. The van der Waals surface area contributed by atoms with Crippen LogP contribution in [0.2, 0.25) is 0 Å². The van der Waals surface area contributed by atoms with E-state index in [1.807, 2.05) is 54.9 Å². The number of carbonyl (C=O) groups excluding carboxylic acids is 1. The first-order valence-corrected chi connectivity index (χ1v) is 9.80. The lowest BCUT2D eigenvalue weighted by molar-refractivity contribution is -0.141. The van der Waals surface area contributed by atoms with Crippen molar-refractivity contribution in [3.05, 3.63) is 65.0 Å². The molecule has 0 fully saturated rings. The maximum absolute atomic E-state index is 12.7. The molecule has 1 amide bonds. The first-order chi connectivity index (χ1) is 13.8. The first kappa shape index (κ1) is 20.6. The number of fused-ring (bicyclic) bond motifs is 1. The number of aryl methyl sites for hydroxylation is 1. The normalized spacial score (nSPS) is 12.3. The Balaban J connectivity index is 1.80. The minimum atomic E-state index is -1.10. The van der Waals surface area contributed by atoms with Gasteiger partial charge in [-0.3, -0.25) is 9.48 Å². The SMILES string of the molecule is Cc1nn(CC(C)C)c(C)c1CC(=O)NC(C(=O)O)c1ccc2ccccc2c1. The lowest BCUT2D eigenvalue weighted by Gasteiger charge is -2.16. The average molecular weight is 393 g/mol. The second kappa shape index (κ2) is 8.47. The summed E-state index contributed by atoms with van der Waals surface area (Å²) in [5, 5.41) is 18.9. The van der Waals surface area contributed by atoms with Crippen molar-refractivity contribution in [2.24, 2.45) is 5.92 Å². The third kappa shape index (κ3) is 4.65. The molecule has 0 aliphatic heterocycles. The zero-order valence-electron chi connectivity index (χ0n) is 17.3. The van der Waals surface area contributed by atoms with Gasteiger partial charge in [-0.1, -0.05) is 50.2 Å². The lowest BCUT2D eigenvalue weighted by atomic mass is 10.0. The Morgan fingerprint density at radius 3 is 2.45 bits per heavy atom. The topological polar surface area (TPSA) is 84.2 Å². The number of aromatic nitrogens is 2. The van der Waals surface area contributed by atoms with Crippen molar-refractivity contribution >= 4 is 22.6 Å². The maximum Gasteiger partial charge on any atom is 0.330 e. The molecule has 6 heteroatoms. The number of rotatable bonds is 7. The number of carbonyl (C=O) groups is 2. The van der Waals surface area contributed by atoms with Crippen molar-refractivity contribution in [3.8, 4) is 0 Å². The van der Waals surface area contributed by atoms with Gasteiger partial charge in [0.2, 0.25) is 5.91 Å². The average Bonchev–Trinajstić information content (AvgIpc) is 2.92. The van der Waals surface area contributed by atoms with Crippen LogP contribution in [-0.2, 0) is 22.6 Å². The summed E-state index contributed by atoms with van der Waals surface area (Å²) < 4.78 is 1.92. The summed E-state index contributed by atoms with van der Waals surface area (Å²) in [5.41, 5.74) is 3.15. The molecule has 2 N–H and O–H groups in total. The van der Waals surface area contributed by atoms with Crippen LogP contribution in [0.25, 0.3) is 10.8 Å². The van der Waals surface area contributed by atoms with Crippen LogP contribution in [0, 0.1) is 19.8 Å². The molecule has 1 heterocycles. The van der Waals surface area contributed by atoms with Crippen molar-refractivity contribution in [2.45, 2.75) is 46.7 Å². The van der Waals surface area contributed by atoms with Crippen molar-refractivity contribution in [1.29, 1.82) is 0 Å². The predicted molar refractivity (Wildman–Crippen MR) is 113 cm³/mol. The van der Waals surface area contributed by atoms with E-state index < -0.39 is 12.0 Å². The van der Waals surface area contributed by atoms with Crippen LogP contribution in [-0.4, -0.2) is 26.8 Å². The predicted octanol–water partition coefficient (Wildman–Crippen LogP) is 3.79. The number of aliphatic carboxylic acids is 1. The molecule has 152 valence electrons. The van der Waals surface area contributed by atoms with Crippen LogP contribution in [0.4, 0.5) is 0 Å². The smallest absolute Gasteiger partial charge is 0.330 e. The molecule has 0 aliphatic carbocycles. The van der Waals surface area contributed by atoms with Crippen LogP contribution in [0.15, 0.2) is 42.5 Å². The molecule has 3 rings (SSSR count). The van der Waals surface area contributed by atoms with Crippen LogP contribution in [0.5, 0.6) is 0 Å². The molecule has 0 saturated carbocycles. The van der Waals surface area contributed by atoms with Gasteiger partial charge in [0.15, 0.2) is 6.04 Å². The molecule has 0 bridgehead atoms. The molecule has 29 heavy (non-hydrogen) atoms. The fraction of sp³-hybridized carbons (Fsp3) is 0.348. The third-order valence-corrected chi connectivity index (χ3v) is 5.07. The summed E-state index contributed by atoms with van der Waals surface area (Å²) >= 11 is 0. The summed E-state index contributed by atoms with van der Waals surface area (Å²) in [6.45, 7) is 8.84. The molecule has 3 aromatic rings. The van der Waals surface area contributed by atoms with Gasteiger partial charge >= 0.3 is 5.97 Å². The summed E-state index contributed by atoms with van der Waals surface area (Å²) in [5.74, 6) is -0.975. The number of amides is 1. The van der Waals surface area contributed by atoms with E-state index >= 15 is 0 Å². The van der Waals surface area contributed by atoms with Gasteiger partial charge in [-0.15, -0.1) is 0 Å². The number of carboxylic acids is 1. The van der Waals surface area contributed by atoms with Gasteiger partial charge in [0.25, 0.3) is 0 Å². The molecule has 0 spiro atoms. The Bertz CT molecular complexity index is 1050. The monoisotopic (exact) mass is 393 g/mol. The lowest BCUT2D eigenvalue weighted by Crippen LogP contribution is -2.34. The number of benzene rings is 2. The van der Waals surface area contributed by atoms with Crippen LogP contribution >= 0.6 is 0 Å². The van der Waals surface area contributed by atoms with Gasteiger partial charge in [0, 0.05) is 17.8 Å². The highest BCUT2D eigenvalue weighted by Gasteiger charge is 2.24. The minimum absolute atomic E-state index is 0.104. The minimum Gasteiger partial charge on any atom is -0.479 e. The molecule has 1 aromatic heterocycles. The van der Waals surface area contributed by atoms with Gasteiger partial charge in [-0.25, -0.2) is 4.79 Å². The van der Waals surface area contributed by atoms with Gasteiger partial charge in [0.1, 0.15) is 0 Å². The quantitative estimate of drug-likeness (QED) is 0.640. The number of nitrogens with one attached hydrogen (secondary N) is 1. The Morgan fingerprint density at radius 2 is 1.79 bits per heavy atom. The van der Waals surface area contributed by atoms with Gasteiger partial charge in [0.05, 0.1) is 12.1 Å². The number of carboxylic acid groups (broad SMARTS) is 1. The number of hydrogen-bond acceptors (Lipinski definition) is 3. The van der Waals surface area contributed by atoms with E-state index in [1.165, 1.54) is 0 Å². The van der Waals surface area contributed by atoms with Gasteiger partial charge in [-0.05, 0) is 42.2 Å². The molecule has 1 unspecified atom stereocenters. The summed E-state index contributed by atoms with van der Waals surface area (Å²) in [6, 6.07) is 12.1. The molecule has 0 aliphatic rings. The molecule has 0 radical (unpaired) electrons. The standard InChI is InChI=1S/C23H27N3O3/c1-14(2)13-26-16(4)20(15(3)25-26)12-21(27)24-22(23(28)29)19-10-9-17-7-5-6-8-18(17)11-19/h5-11,14,22H,12-13H2,1-4H3,(H,24,27)(H,28,29). The van der Waals surface area contributed by atoms with Crippen molar-refractivity contribution in [1.82, 2.24) is 15.1 Å². The van der Waals surface area contributed by atoms with E-state index in [1.54, 1.807) is 6.07 Å². The molecular formula is C23H27N3O3. The molecule has 0 saturated heterocycles.